The van der Waals surface area contributed by atoms with Crippen LogP contribution < -0.4 is 5.46 Å². The van der Waals surface area contributed by atoms with Crippen LogP contribution in [0, 0.1) is 0 Å². The van der Waals surface area contributed by atoms with E-state index in [9.17, 15) is 0 Å². The van der Waals surface area contributed by atoms with Gasteiger partial charge < -0.3 is 18.6 Å². The molecule has 4 nitrogen and oxygen atoms in total. The number of benzene rings is 1. The molecule has 0 amide bonds. The minimum atomic E-state index is -0.325. The Morgan fingerprint density at radius 3 is 1.61 bits per heavy atom. The fourth-order valence-electron chi connectivity index (χ4n) is 3.45. The Morgan fingerprint density at radius 2 is 1.18 bits per heavy atom. The Morgan fingerprint density at radius 1 is 0.750 bits per heavy atom. The Kier molecular flexibility index (Phi) is 5.83. The first-order chi connectivity index (χ1) is 12.8. The van der Waals surface area contributed by atoms with Crippen LogP contribution in [0.15, 0.2) is 24.3 Å². The second-order valence-corrected chi connectivity index (χ2v) is 10.9. The van der Waals surface area contributed by atoms with Crippen LogP contribution >= 0.6 is 11.8 Å². The summed E-state index contributed by atoms with van der Waals surface area (Å²) in [7, 11) is -0.514. The van der Waals surface area contributed by atoms with E-state index in [1.165, 1.54) is 5.56 Å². The molecule has 28 heavy (non-hydrogen) atoms. The zero-order chi connectivity index (χ0) is 21.0. The minimum Gasteiger partial charge on any atom is -0.403 e. The van der Waals surface area contributed by atoms with Gasteiger partial charge in [0, 0.05) is 5.25 Å². The molecule has 7 heteroatoms. The first-order valence-corrected chi connectivity index (χ1v) is 11.4. The quantitative estimate of drug-likeness (QED) is 0.677. The zero-order valence-corrected chi connectivity index (χ0v) is 19.6. The molecule has 2 saturated heterocycles. The third kappa shape index (κ3) is 4.06. The molecule has 0 bridgehead atoms. The van der Waals surface area contributed by atoms with E-state index in [1.807, 2.05) is 11.8 Å². The maximum absolute atomic E-state index is 6.19. The van der Waals surface area contributed by atoms with Gasteiger partial charge in [-0.25, -0.2) is 0 Å². The van der Waals surface area contributed by atoms with Crippen LogP contribution in [0.1, 0.15) is 66.2 Å². The van der Waals surface area contributed by atoms with Crippen molar-refractivity contribution in [1.29, 1.82) is 0 Å². The summed E-state index contributed by atoms with van der Waals surface area (Å²) in [5.41, 5.74) is 1.09. The molecular formula is C21H34B2O4S. The van der Waals surface area contributed by atoms with Gasteiger partial charge in [-0.05, 0) is 79.0 Å². The molecule has 0 saturated carbocycles. The Labute approximate surface area is 175 Å². The van der Waals surface area contributed by atoms with Crippen molar-refractivity contribution in [2.45, 2.75) is 89.4 Å². The van der Waals surface area contributed by atoms with E-state index in [2.05, 4.69) is 85.9 Å². The average Bonchev–Trinajstić information content (AvgIpc) is 2.92. The van der Waals surface area contributed by atoms with Crippen LogP contribution in [0.3, 0.4) is 0 Å². The van der Waals surface area contributed by atoms with Crippen molar-refractivity contribution >= 4 is 31.5 Å². The van der Waals surface area contributed by atoms with Crippen LogP contribution in [0.4, 0.5) is 0 Å². The maximum Gasteiger partial charge on any atom is 0.494 e. The Hall–Kier alpha value is -0.460. The molecule has 0 aromatic heterocycles. The van der Waals surface area contributed by atoms with E-state index in [0.717, 1.165) is 11.8 Å². The number of hydrogen-bond acceptors (Lipinski definition) is 5. The first kappa shape index (κ1) is 22.2. The zero-order valence-electron chi connectivity index (χ0n) is 18.8. The molecule has 1 aromatic carbocycles. The van der Waals surface area contributed by atoms with Crippen LogP contribution in [-0.4, -0.2) is 42.9 Å². The molecule has 2 fully saturated rings. The molecule has 0 radical (unpaired) electrons. The van der Waals surface area contributed by atoms with Gasteiger partial charge in [0.05, 0.1) is 22.4 Å². The van der Waals surface area contributed by atoms with Crippen LogP contribution in [0.5, 0.6) is 0 Å². The van der Waals surface area contributed by atoms with Crippen molar-refractivity contribution < 1.29 is 18.6 Å². The molecule has 1 atom stereocenters. The minimum absolute atomic E-state index is 0.190. The lowest BCUT2D eigenvalue weighted by atomic mass is 9.77. The molecule has 0 aliphatic carbocycles. The van der Waals surface area contributed by atoms with Crippen molar-refractivity contribution in [3.05, 3.63) is 29.8 Å². The van der Waals surface area contributed by atoms with Gasteiger partial charge in [0.25, 0.3) is 0 Å². The fourth-order valence-corrected chi connectivity index (χ4v) is 4.23. The summed E-state index contributed by atoms with van der Waals surface area (Å²) < 4.78 is 24.7. The second kappa shape index (κ2) is 7.35. The van der Waals surface area contributed by atoms with Gasteiger partial charge in [-0.3, -0.25) is 0 Å². The van der Waals surface area contributed by atoms with Crippen molar-refractivity contribution in [3.8, 4) is 0 Å². The summed E-state index contributed by atoms with van der Waals surface area (Å²) in [5, 5.41) is 0.307. The maximum atomic E-state index is 6.19. The summed E-state index contributed by atoms with van der Waals surface area (Å²) in [5.74, 6) is 0. The molecule has 0 spiro atoms. The molecular weight excluding hydrogens is 370 g/mol. The van der Waals surface area contributed by atoms with Crippen molar-refractivity contribution in [3.63, 3.8) is 0 Å². The van der Waals surface area contributed by atoms with Crippen LogP contribution in [0.2, 0.25) is 6.32 Å². The molecule has 3 rings (SSSR count). The predicted octanol–water partition coefficient (Wildman–Crippen LogP) is 4.48. The monoisotopic (exact) mass is 404 g/mol. The highest BCUT2D eigenvalue weighted by Crippen LogP contribution is 2.42. The lowest BCUT2D eigenvalue weighted by Crippen LogP contribution is -2.41. The topological polar surface area (TPSA) is 36.9 Å². The summed E-state index contributed by atoms with van der Waals surface area (Å²) in [6.45, 7) is 16.7. The van der Waals surface area contributed by atoms with Gasteiger partial charge in [-0.2, -0.15) is 11.8 Å². The summed E-state index contributed by atoms with van der Waals surface area (Å²) in [6, 6.07) is 8.58. The first-order valence-electron chi connectivity index (χ1n) is 10.1. The fraction of sp³-hybridized carbons (Fsp3) is 0.714. The average molecular weight is 404 g/mol. The molecule has 154 valence electrons. The van der Waals surface area contributed by atoms with Crippen molar-refractivity contribution in [1.82, 2.24) is 0 Å². The van der Waals surface area contributed by atoms with Gasteiger partial charge >= 0.3 is 14.2 Å². The number of thioether (sulfide) groups is 1. The SMILES string of the molecule is CSC(CB1OC(C)(C)C(C)(C)O1)c1ccc(B2OC(C)(C)C(C)(C)O2)cc1. The van der Waals surface area contributed by atoms with E-state index in [0.29, 0.717) is 5.25 Å². The van der Waals surface area contributed by atoms with E-state index >= 15 is 0 Å². The number of hydrogen-bond donors (Lipinski definition) is 0. The summed E-state index contributed by atoms with van der Waals surface area (Å²) in [4.78, 5) is 0. The highest BCUT2D eigenvalue weighted by atomic mass is 32.2. The van der Waals surface area contributed by atoms with Crippen LogP contribution in [-0.2, 0) is 18.6 Å². The lowest BCUT2D eigenvalue weighted by Gasteiger charge is -2.32. The van der Waals surface area contributed by atoms with Crippen molar-refractivity contribution in [2.24, 2.45) is 0 Å². The summed E-state index contributed by atoms with van der Waals surface area (Å²) in [6.07, 6.45) is 2.96. The smallest absolute Gasteiger partial charge is 0.403 e. The van der Waals surface area contributed by atoms with E-state index in [1.54, 1.807) is 0 Å². The molecule has 2 heterocycles. The normalized spacial score (nSPS) is 25.9. The largest absolute Gasteiger partial charge is 0.494 e. The molecule has 0 N–H and O–H groups in total. The highest BCUT2D eigenvalue weighted by Gasteiger charge is 2.52. The standard InChI is InChI=1S/C21H34B2O4S/c1-18(2)19(3,4)25-22(24-18)14-17(28-9)15-10-12-16(13-11-15)23-26-20(5,6)21(7,8)27-23/h10-13,17H,14H2,1-9H3. The predicted molar refractivity (Wildman–Crippen MR) is 119 cm³/mol. The van der Waals surface area contributed by atoms with E-state index in [-0.39, 0.29) is 36.6 Å². The van der Waals surface area contributed by atoms with E-state index < -0.39 is 0 Å². The van der Waals surface area contributed by atoms with Gasteiger partial charge in [0.1, 0.15) is 0 Å². The number of rotatable bonds is 5. The second-order valence-electron chi connectivity index (χ2n) is 9.90. The highest BCUT2D eigenvalue weighted by molar-refractivity contribution is 7.98. The van der Waals surface area contributed by atoms with Crippen LogP contribution in [0.25, 0.3) is 0 Å². The van der Waals surface area contributed by atoms with Gasteiger partial charge in [0.15, 0.2) is 0 Å². The Bertz CT molecular complexity index is 671. The molecule has 2 aliphatic heterocycles. The molecule has 1 aromatic rings. The van der Waals surface area contributed by atoms with Gasteiger partial charge in [0.2, 0.25) is 0 Å². The lowest BCUT2D eigenvalue weighted by molar-refractivity contribution is 0.00578. The molecule has 1 unspecified atom stereocenters. The van der Waals surface area contributed by atoms with Crippen molar-refractivity contribution in [2.75, 3.05) is 6.26 Å². The molecule has 2 aliphatic rings. The van der Waals surface area contributed by atoms with E-state index in [4.69, 9.17) is 18.6 Å². The summed E-state index contributed by atoms with van der Waals surface area (Å²) >= 11 is 1.83. The Balaban J connectivity index is 1.69. The third-order valence-electron chi connectivity index (χ3n) is 6.83. The van der Waals surface area contributed by atoms with Gasteiger partial charge in [-0.1, -0.05) is 24.3 Å². The van der Waals surface area contributed by atoms with Gasteiger partial charge in [-0.15, -0.1) is 0 Å². The third-order valence-corrected chi connectivity index (χ3v) is 7.86.